The van der Waals surface area contributed by atoms with Crippen LogP contribution in [-0.2, 0) is 11.8 Å². The van der Waals surface area contributed by atoms with Gasteiger partial charge in [-0.2, -0.15) is 0 Å². The van der Waals surface area contributed by atoms with Gasteiger partial charge in [0.2, 0.25) is 0 Å². The van der Waals surface area contributed by atoms with Crippen LogP contribution in [0.25, 0.3) is 0 Å². The van der Waals surface area contributed by atoms with E-state index in [2.05, 4.69) is 45.5 Å². The molecule has 0 spiro atoms. The van der Waals surface area contributed by atoms with Crippen molar-refractivity contribution in [2.24, 2.45) is 0 Å². The summed E-state index contributed by atoms with van der Waals surface area (Å²) in [4.78, 5) is 0. The summed E-state index contributed by atoms with van der Waals surface area (Å²) in [5.74, 6) is 0. The van der Waals surface area contributed by atoms with Crippen molar-refractivity contribution in [2.75, 3.05) is 13.1 Å². The minimum atomic E-state index is 0.109. The molecule has 2 aromatic rings. The Hall–Kier alpha value is -0.540. The number of hydrogen-bond donors (Lipinski definition) is 1. The normalized spacial score (nSPS) is 16.8. The second kappa shape index (κ2) is 5.69. The highest BCUT2D eigenvalue weighted by Crippen LogP contribution is 2.36. The molecule has 0 radical (unpaired) electrons. The molecule has 0 aromatic heterocycles. The highest BCUT2D eigenvalue weighted by Gasteiger charge is 2.39. The first-order valence-electron chi connectivity index (χ1n) is 6.50. The van der Waals surface area contributed by atoms with Gasteiger partial charge in [0.05, 0.1) is 0 Å². The lowest BCUT2D eigenvalue weighted by molar-refractivity contribution is 0.274. The molecule has 0 aliphatic carbocycles. The quantitative estimate of drug-likeness (QED) is 0.815. The zero-order chi connectivity index (χ0) is 14.2. The van der Waals surface area contributed by atoms with E-state index in [4.69, 9.17) is 23.2 Å². The van der Waals surface area contributed by atoms with Crippen molar-refractivity contribution >= 4 is 39.1 Å². The molecule has 1 nitrogen and oxygen atoms in total. The van der Waals surface area contributed by atoms with Gasteiger partial charge in [-0.05, 0) is 47.9 Å². The second-order valence-electron chi connectivity index (χ2n) is 5.31. The van der Waals surface area contributed by atoms with Crippen molar-refractivity contribution in [3.8, 4) is 0 Å². The minimum Gasteiger partial charge on any atom is -0.315 e. The molecule has 4 heteroatoms. The van der Waals surface area contributed by atoms with Crippen LogP contribution in [0.3, 0.4) is 0 Å². The van der Waals surface area contributed by atoms with E-state index in [-0.39, 0.29) is 5.41 Å². The first kappa shape index (κ1) is 14.4. The molecule has 20 heavy (non-hydrogen) atoms. The van der Waals surface area contributed by atoms with Gasteiger partial charge in [0.25, 0.3) is 0 Å². The van der Waals surface area contributed by atoms with Gasteiger partial charge >= 0.3 is 0 Å². The number of halogens is 3. The molecule has 0 atom stereocenters. The van der Waals surface area contributed by atoms with Crippen LogP contribution in [0, 0.1) is 0 Å². The average Bonchev–Trinajstić information content (AvgIpc) is 2.38. The summed E-state index contributed by atoms with van der Waals surface area (Å²) in [6.45, 7) is 1.93. The molecule has 0 unspecified atom stereocenters. The lowest BCUT2D eigenvalue weighted by Crippen LogP contribution is -2.58. The van der Waals surface area contributed by atoms with Crippen LogP contribution in [0.2, 0.25) is 10.0 Å². The van der Waals surface area contributed by atoms with Crippen LogP contribution in [0.1, 0.15) is 11.1 Å². The molecule has 1 saturated heterocycles. The van der Waals surface area contributed by atoms with Crippen molar-refractivity contribution in [2.45, 2.75) is 11.8 Å². The van der Waals surface area contributed by atoms with Crippen molar-refractivity contribution < 1.29 is 0 Å². The summed E-state index contributed by atoms with van der Waals surface area (Å²) < 4.78 is 1.11. The Bertz CT molecular complexity index is 638. The zero-order valence-corrected chi connectivity index (χ0v) is 13.9. The molecule has 0 amide bonds. The van der Waals surface area contributed by atoms with Gasteiger partial charge in [0.1, 0.15) is 0 Å². The first-order chi connectivity index (χ1) is 9.59. The van der Waals surface area contributed by atoms with Crippen LogP contribution in [0.4, 0.5) is 0 Å². The third kappa shape index (κ3) is 2.75. The molecule has 1 N–H and O–H groups in total. The third-order valence-electron chi connectivity index (χ3n) is 3.90. The fraction of sp³-hybridized carbons (Fsp3) is 0.250. The lowest BCUT2D eigenvalue weighted by atomic mass is 9.71. The van der Waals surface area contributed by atoms with E-state index in [0.717, 1.165) is 39.6 Å². The smallest absolute Gasteiger partial charge is 0.0439 e. The molecular formula is C16H14BrCl2N. The zero-order valence-electron chi connectivity index (χ0n) is 10.8. The van der Waals surface area contributed by atoms with Crippen LogP contribution in [0.5, 0.6) is 0 Å². The molecular weight excluding hydrogens is 357 g/mol. The van der Waals surface area contributed by atoms with Gasteiger partial charge in [-0.25, -0.2) is 0 Å². The molecule has 3 rings (SSSR count). The number of benzene rings is 2. The molecule has 1 fully saturated rings. The molecule has 0 bridgehead atoms. The fourth-order valence-electron chi connectivity index (χ4n) is 2.72. The van der Waals surface area contributed by atoms with E-state index in [1.165, 1.54) is 5.56 Å². The monoisotopic (exact) mass is 369 g/mol. The first-order valence-corrected chi connectivity index (χ1v) is 8.05. The van der Waals surface area contributed by atoms with E-state index in [1.54, 1.807) is 0 Å². The SMILES string of the molecule is Clc1ccc(Cl)c(CC2(c3cccc(Br)c3)CNC2)c1. The maximum atomic E-state index is 6.31. The topological polar surface area (TPSA) is 12.0 Å². The largest absolute Gasteiger partial charge is 0.315 e. The molecule has 1 aliphatic heterocycles. The van der Waals surface area contributed by atoms with Crippen LogP contribution in [0.15, 0.2) is 46.9 Å². The van der Waals surface area contributed by atoms with Gasteiger partial charge in [0.15, 0.2) is 0 Å². The Morgan fingerprint density at radius 1 is 1.10 bits per heavy atom. The van der Waals surface area contributed by atoms with E-state index in [9.17, 15) is 0 Å². The average molecular weight is 371 g/mol. The van der Waals surface area contributed by atoms with E-state index in [0.29, 0.717) is 0 Å². The molecule has 1 heterocycles. The Labute approximate surface area is 137 Å². The second-order valence-corrected chi connectivity index (χ2v) is 7.07. The molecule has 2 aromatic carbocycles. The molecule has 0 saturated carbocycles. The van der Waals surface area contributed by atoms with Gasteiger partial charge in [-0.15, -0.1) is 0 Å². The van der Waals surface area contributed by atoms with Crippen LogP contribution >= 0.6 is 39.1 Å². The van der Waals surface area contributed by atoms with E-state index >= 15 is 0 Å². The molecule has 1 aliphatic rings. The Kier molecular flexibility index (Phi) is 4.09. The summed E-state index contributed by atoms with van der Waals surface area (Å²) >= 11 is 16.0. The fourth-order valence-corrected chi connectivity index (χ4v) is 3.50. The maximum Gasteiger partial charge on any atom is 0.0439 e. The summed E-state index contributed by atoms with van der Waals surface area (Å²) in [7, 11) is 0. The highest BCUT2D eigenvalue weighted by atomic mass is 79.9. The maximum absolute atomic E-state index is 6.31. The Morgan fingerprint density at radius 2 is 1.90 bits per heavy atom. The van der Waals surface area contributed by atoms with Crippen LogP contribution < -0.4 is 5.32 Å². The van der Waals surface area contributed by atoms with Crippen LogP contribution in [-0.4, -0.2) is 13.1 Å². The third-order valence-corrected chi connectivity index (χ3v) is 5.00. The van der Waals surface area contributed by atoms with Gasteiger partial charge in [-0.1, -0.05) is 51.3 Å². The standard InChI is InChI=1S/C16H14BrCl2N/c17-13-3-1-2-12(7-13)16(9-20-10-16)8-11-6-14(18)4-5-15(11)19/h1-7,20H,8-10H2. The predicted octanol–water partition coefficient (Wildman–Crippen LogP) is 4.84. The van der Waals surface area contributed by atoms with Crippen molar-refractivity contribution in [1.82, 2.24) is 5.32 Å². The van der Waals surface area contributed by atoms with Gasteiger partial charge < -0.3 is 5.32 Å². The number of rotatable bonds is 3. The highest BCUT2D eigenvalue weighted by molar-refractivity contribution is 9.10. The number of nitrogens with one attached hydrogen (secondary N) is 1. The summed E-state index contributed by atoms with van der Waals surface area (Å²) in [5.41, 5.74) is 2.56. The lowest BCUT2D eigenvalue weighted by Gasteiger charge is -2.44. The molecule has 104 valence electrons. The van der Waals surface area contributed by atoms with Crippen molar-refractivity contribution in [3.63, 3.8) is 0 Å². The number of hydrogen-bond acceptors (Lipinski definition) is 1. The Balaban J connectivity index is 1.96. The van der Waals surface area contributed by atoms with E-state index < -0.39 is 0 Å². The predicted molar refractivity (Wildman–Crippen MR) is 88.9 cm³/mol. The summed E-state index contributed by atoms with van der Waals surface area (Å²) in [6.07, 6.45) is 0.899. The van der Waals surface area contributed by atoms with Gasteiger partial charge in [0, 0.05) is 33.0 Å². The van der Waals surface area contributed by atoms with Gasteiger partial charge in [-0.3, -0.25) is 0 Å². The van der Waals surface area contributed by atoms with Crippen molar-refractivity contribution in [3.05, 3.63) is 68.1 Å². The van der Waals surface area contributed by atoms with Crippen molar-refractivity contribution in [1.29, 1.82) is 0 Å². The minimum absolute atomic E-state index is 0.109. The summed E-state index contributed by atoms with van der Waals surface area (Å²) in [5, 5.41) is 4.91. The van der Waals surface area contributed by atoms with E-state index in [1.807, 2.05) is 18.2 Å². The Morgan fingerprint density at radius 3 is 2.55 bits per heavy atom. The summed E-state index contributed by atoms with van der Waals surface area (Å²) in [6, 6.07) is 14.2.